The number of hydrogen-bond acceptors (Lipinski definition) is 4. The lowest BCUT2D eigenvalue weighted by Gasteiger charge is -2.39. The minimum atomic E-state index is -1.26. The molecule has 0 spiro atoms. The maximum atomic E-state index is 11.2. The molecule has 2 N–H and O–H groups in total. The van der Waals surface area contributed by atoms with E-state index in [2.05, 4.69) is 12.2 Å². The molecule has 0 heterocycles. The molecule has 6 heteroatoms. The summed E-state index contributed by atoms with van der Waals surface area (Å²) in [5, 5.41) is 23.3. The second-order valence-electron chi connectivity index (χ2n) is 5.14. The molecule has 1 aliphatic carbocycles. The van der Waals surface area contributed by atoms with E-state index in [1.807, 2.05) is 0 Å². The zero-order valence-corrected chi connectivity index (χ0v) is 10.7. The van der Waals surface area contributed by atoms with Gasteiger partial charge in [0, 0.05) is 18.2 Å². The SMILES string of the molecule is CC1(NCc2cccc([N+](=O)[O-])c2C(=O)O)CCC1. The van der Waals surface area contributed by atoms with Crippen molar-refractivity contribution in [1.82, 2.24) is 5.32 Å². The van der Waals surface area contributed by atoms with Crippen LogP contribution in [0.15, 0.2) is 18.2 Å². The molecule has 0 unspecified atom stereocenters. The Balaban J connectivity index is 2.26. The average Bonchev–Trinajstić information content (AvgIpc) is 2.33. The van der Waals surface area contributed by atoms with Gasteiger partial charge in [-0.05, 0) is 31.7 Å². The number of hydrogen-bond donors (Lipinski definition) is 2. The van der Waals surface area contributed by atoms with Gasteiger partial charge in [-0.1, -0.05) is 12.1 Å². The van der Waals surface area contributed by atoms with Gasteiger partial charge in [-0.25, -0.2) is 4.79 Å². The Morgan fingerprint density at radius 1 is 1.53 bits per heavy atom. The van der Waals surface area contributed by atoms with Crippen LogP contribution >= 0.6 is 0 Å². The van der Waals surface area contributed by atoms with E-state index in [0.29, 0.717) is 12.1 Å². The van der Waals surface area contributed by atoms with Gasteiger partial charge in [0.05, 0.1) is 4.92 Å². The first-order valence-electron chi connectivity index (χ1n) is 6.17. The first-order valence-corrected chi connectivity index (χ1v) is 6.17. The van der Waals surface area contributed by atoms with Crippen LogP contribution in [-0.2, 0) is 6.54 Å². The van der Waals surface area contributed by atoms with Gasteiger partial charge in [-0.2, -0.15) is 0 Å². The summed E-state index contributed by atoms with van der Waals surface area (Å²) in [7, 11) is 0. The fraction of sp³-hybridized carbons (Fsp3) is 0.462. The molecule has 0 saturated heterocycles. The van der Waals surface area contributed by atoms with Crippen LogP contribution in [0.1, 0.15) is 42.1 Å². The number of nitro benzene ring substituents is 1. The molecular formula is C13H16N2O4. The van der Waals surface area contributed by atoms with Crippen molar-refractivity contribution in [3.05, 3.63) is 39.4 Å². The molecule has 0 bridgehead atoms. The van der Waals surface area contributed by atoms with Gasteiger partial charge in [0.25, 0.3) is 5.69 Å². The van der Waals surface area contributed by atoms with Gasteiger partial charge in [0.15, 0.2) is 0 Å². The second-order valence-corrected chi connectivity index (χ2v) is 5.14. The van der Waals surface area contributed by atoms with Crippen molar-refractivity contribution in [2.45, 2.75) is 38.3 Å². The Kier molecular flexibility index (Phi) is 3.53. The first-order chi connectivity index (χ1) is 8.93. The van der Waals surface area contributed by atoms with Crippen molar-refractivity contribution in [1.29, 1.82) is 0 Å². The Hall–Kier alpha value is -1.95. The largest absolute Gasteiger partial charge is 0.477 e. The number of carbonyl (C=O) groups is 1. The number of nitrogens with one attached hydrogen (secondary N) is 1. The van der Waals surface area contributed by atoms with Crippen molar-refractivity contribution in [2.75, 3.05) is 0 Å². The number of benzene rings is 1. The molecule has 1 aromatic carbocycles. The molecule has 1 fully saturated rings. The van der Waals surface area contributed by atoms with Gasteiger partial charge in [0.2, 0.25) is 0 Å². The van der Waals surface area contributed by atoms with E-state index in [-0.39, 0.29) is 16.8 Å². The molecule has 0 radical (unpaired) electrons. The van der Waals surface area contributed by atoms with Crippen molar-refractivity contribution < 1.29 is 14.8 Å². The van der Waals surface area contributed by atoms with Crippen LogP contribution in [0, 0.1) is 10.1 Å². The number of rotatable bonds is 5. The van der Waals surface area contributed by atoms with Crippen molar-refractivity contribution in [3.63, 3.8) is 0 Å². The van der Waals surface area contributed by atoms with E-state index < -0.39 is 10.9 Å². The standard InChI is InChI=1S/C13H16N2O4/c1-13(6-3-7-13)14-8-9-4-2-5-10(15(18)19)11(9)12(16)17/h2,4-5,14H,3,6-8H2,1H3,(H,16,17). The Bertz CT molecular complexity index is 523. The minimum absolute atomic E-state index is 0.0282. The molecule has 0 aromatic heterocycles. The Labute approximate surface area is 110 Å². The Morgan fingerprint density at radius 3 is 2.68 bits per heavy atom. The van der Waals surface area contributed by atoms with E-state index in [1.165, 1.54) is 12.1 Å². The van der Waals surface area contributed by atoms with Crippen LogP contribution in [0.2, 0.25) is 0 Å². The lowest BCUT2D eigenvalue weighted by molar-refractivity contribution is -0.385. The fourth-order valence-corrected chi connectivity index (χ4v) is 2.33. The monoisotopic (exact) mass is 264 g/mol. The lowest BCUT2D eigenvalue weighted by atomic mass is 9.78. The second kappa shape index (κ2) is 4.97. The maximum Gasteiger partial charge on any atom is 0.343 e. The fourth-order valence-electron chi connectivity index (χ4n) is 2.33. The molecule has 0 atom stereocenters. The number of carboxylic acids is 1. The molecule has 102 valence electrons. The summed E-state index contributed by atoms with van der Waals surface area (Å²) < 4.78 is 0. The highest BCUT2D eigenvalue weighted by Gasteiger charge is 2.32. The lowest BCUT2D eigenvalue weighted by Crippen LogP contribution is -2.47. The number of nitro groups is 1. The van der Waals surface area contributed by atoms with Crippen LogP contribution < -0.4 is 5.32 Å². The first kappa shape index (κ1) is 13.5. The third-order valence-electron chi connectivity index (χ3n) is 3.70. The van der Waals surface area contributed by atoms with Gasteiger partial charge in [0.1, 0.15) is 5.56 Å². The molecule has 19 heavy (non-hydrogen) atoms. The summed E-state index contributed by atoms with van der Waals surface area (Å²) in [5.41, 5.74) is -0.0938. The highest BCUT2D eigenvalue weighted by atomic mass is 16.6. The smallest absolute Gasteiger partial charge is 0.343 e. The van der Waals surface area contributed by atoms with Gasteiger partial charge < -0.3 is 10.4 Å². The summed E-state index contributed by atoms with van der Waals surface area (Å²) in [6.45, 7) is 2.41. The molecule has 0 aliphatic heterocycles. The van der Waals surface area contributed by atoms with E-state index in [0.717, 1.165) is 19.3 Å². The molecule has 0 amide bonds. The van der Waals surface area contributed by atoms with Crippen LogP contribution in [0.3, 0.4) is 0 Å². The molecule has 2 rings (SSSR count). The normalized spacial score (nSPS) is 16.7. The highest BCUT2D eigenvalue weighted by molar-refractivity contribution is 5.94. The predicted octanol–water partition coefficient (Wildman–Crippen LogP) is 2.33. The van der Waals surface area contributed by atoms with Gasteiger partial charge in [-0.3, -0.25) is 10.1 Å². The molecular weight excluding hydrogens is 248 g/mol. The number of aromatic carboxylic acids is 1. The van der Waals surface area contributed by atoms with Crippen LogP contribution in [-0.4, -0.2) is 21.5 Å². The van der Waals surface area contributed by atoms with Gasteiger partial charge in [-0.15, -0.1) is 0 Å². The zero-order chi connectivity index (χ0) is 14.0. The summed E-state index contributed by atoms with van der Waals surface area (Å²) >= 11 is 0. The van der Waals surface area contributed by atoms with E-state index in [4.69, 9.17) is 5.11 Å². The summed E-state index contributed by atoms with van der Waals surface area (Å²) in [6.07, 6.45) is 3.25. The van der Waals surface area contributed by atoms with E-state index in [1.54, 1.807) is 6.07 Å². The topological polar surface area (TPSA) is 92.5 Å². The van der Waals surface area contributed by atoms with Crippen molar-refractivity contribution >= 4 is 11.7 Å². The highest BCUT2D eigenvalue weighted by Crippen LogP contribution is 2.32. The third kappa shape index (κ3) is 2.73. The van der Waals surface area contributed by atoms with Gasteiger partial charge >= 0.3 is 5.97 Å². The number of carboxylic acid groups (broad SMARTS) is 1. The molecule has 1 aliphatic rings. The Morgan fingerprint density at radius 2 is 2.21 bits per heavy atom. The maximum absolute atomic E-state index is 11.2. The third-order valence-corrected chi connectivity index (χ3v) is 3.70. The van der Waals surface area contributed by atoms with Crippen LogP contribution in [0.4, 0.5) is 5.69 Å². The van der Waals surface area contributed by atoms with Crippen molar-refractivity contribution in [2.24, 2.45) is 0 Å². The molecule has 1 saturated carbocycles. The van der Waals surface area contributed by atoms with Crippen molar-refractivity contribution in [3.8, 4) is 0 Å². The predicted molar refractivity (Wildman–Crippen MR) is 69.2 cm³/mol. The van der Waals surface area contributed by atoms with Crippen LogP contribution in [0.25, 0.3) is 0 Å². The van der Waals surface area contributed by atoms with E-state index >= 15 is 0 Å². The molecule has 6 nitrogen and oxygen atoms in total. The number of nitrogens with zero attached hydrogens (tertiary/aromatic N) is 1. The quantitative estimate of drug-likeness (QED) is 0.629. The average molecular weight is 264 g/mol. The summed E-state index contributed by atoms with van der Waals surface area (Å²) in [4.78, 5) is 21.4. The minimum Gasteiger partial charge on any atom is -0.477 e. The summed E-state index contributed by atoms with van der Waals surface area (Å²) in [6, 6.07) is 4.36. The van der Waals surface area contributed by atoms with E-state index in [9.17, 15) is 14.9 Å². The molecule has 1 aromatic rings. The summed E-state index contributed by atoms with van der Waals surface area (Å²) in [5.74, 6) is -1.26. The zero-order valence-electron chi connectivity index (χ0n) is 10.7. The van der Waals surface area contributed by atoms with Crippen LogP contribution in [0.5, 0.6) is 0 Å².